The number of nitrogens with zero attached hydrogens (tertiary/aromatic N) is 3. The number of halogens is 1. The number of hydrogen-bond acceptors (Lipinski definition) is 5. The summed E-state index contributed by atoms with van der Waals surface area (Å²) in [6.45, 7) is 14.0. The van der Waals surface area contributed by atoms with Gasteiger partial charge in [-0.3, -0.25) is 4.90 Å². The zero-order valence-electron chi connectivity index (χ0n) is 19.2. The SMILES string of the molecule is C=CCOc1ccccc1CN=C(NCC)NCC1CCN(Cc2csc(C)n2)CC1.I. The largest absolute Gasteiger partial charge is 0.489 e. The fourth-order valence-electron chi connectivity index (χ4n) is 3.73. The number of guanidine groups is 1. The first-order valence-corrected chi connectivity index (χ1v) is 12.0. The van der Waals surface area contributed by atoms with Crippen molar-refractivity contribution in [2.45, 2.75) is 39.8 Å². The Bertz CT molecular complexity index is 848. The van der Waals surface area contributed by atoms with Crippen molar-refractivity contribution in [1.29, 1.82) is 0 Å². The molecular formula is C24H36IN5OS. The monoisotopic (exact) mass is 569 g/mol. The van der Waals surface area contributed by atoms with Gasteiger partial charge in [-0.1, -0.05) is 30.9 Å². The highest BCUT2D eigenvalue weighted by Crippen LogP contribution is 2.20. The molecule has 3 rings (SSSR count). The zero-order valence-corrected chi connectivity index (χ0v) is 22.3. The van der Waals surface area contributed by atoms with Gasteiger partial charge in [0.25, 0.3) is 0 Å². The van der Waals surface area contributed by atoms with E-state index in [0.717, 1.165) is 55.0 Å². The molecule has 1 aromatic carbocycles. The highest BCUT2D eigenvalue weighted by molar-refractivity contribution is 14.0. The molecule has 0 unspecified atom stereocenters. The first-order chi connectivity index (χ1) is 15.2. The molecule has 0 bridgehead atoms. The molecule has 0 amide bonds. The summed E-state index contributed by atoms with van der Waals surface area (Å²) in [5.74, 6) is 2.39. The molecule has 1 aliphatic rings. The standard InChI is InChI=1S/C24H35N5OS.HI/c1-4-14-30-23-9-7-6-8-21(23)16-27-24(25-5-2)26-15-20-10-12-29(13-11-20)17-22-18-31-19(3)28-22;/h4,6-9,18,20H,1,5,10-17H2,2-3H3,(H2,25,26,27);1H. The summed E-state index contributed by atoms with van der Waals surface area (Å²) in [7, 11) is 0. The van der Waals surface area contributed by atoms with E-state index in [1.54, 1.807) is 17.4 Å². The van der Waals surface area contributed by atoms with Crippen molar-refractivity contribution in [2.75, 3.05) is 32.8 Å². The molecule has 176 valence electrons. The van der Waals surface area contributed by atoms with Crippen LogP contribution in [0.25, 0.3) is 0 Å². The Morgan fingerprint density at radius 3 is 2.78 bits per heavy atom. The quantitative estimate of drug-likeness (QED) is 0.190. The summed E-state index contributed by atoms with van der Waals surface area (Å²) in [5.41, 5.74) is 2.28. The Morgan fingerprint density at radius 2 is 2.09 bits per heavy atom. The number of hydrogen-bond donors (Lipinski definition) is 2. The van der Waals surface area contributed by atoms with Crippen LogP contribution in [0.3, 0.4) is 0 Å². The Labute approximate surface area is 213 Å². The number of piperidine rings is 1. The minimum absolute atomic E-state index is 0. The molecule has 0 aliphatic carbocycles. The van der Waals surface area contributed by atoms with Gasteiger partial charge in [-0.2, -0.15) is 0 Å². The van der Waals surface area contributed by atoms with Crippen molar-refractivity contribution >= 4 is 41.3 Å². The van der Waals surface area contributed by atoms with Gasteiger partial charge >= 0.3 is 0 Å². The molecule has 1 fully saturated rings. The van der Waals surface area contributed by atoms with Crippen molar-refractivity contribution in [3.05, 3.63) is 58.6 Å². The van der Waals surface area contributed by atoms with E-state index < -0.39 is 0 Å². The second-order valence-corrected chi connectivity index (χ2v) is 8.92. The van der Waals surface area contributed by atoms with Crippen LogP contribution in [0.5, 0.6) is 5.75 Å². The minimum atomic E-state index is 0. The molecular weight excluding hydrogens is 533 g/mol. The van der Waals surface area contributed by atoms with E-state index in [1.165, 1.54) is 18.5 Å². The van der Waals surface area contributed by atoms with Crippen molar-refractivity contribution in [1.82, 2.24) is 20.5 Å². The smallest absolute Gasteiger partial charge is 0.191 e. The molecule has 2 N–H and O–H groups in total. The minimum Gasteiger partial charge on any atom is -0.489 e. The Balaban J connectivity index is 0.00000363. The average Bonchev–Trinajstić information content (AvgIpc) is 3.20. The van der Waals surface area contributed by atoms with Crippen molar-refractivity contribution in [2.24, 2.45) is 10.9 Å². The highest BCUT2D eigenvalue weighted by Gasteiger charge is 2.20. The maximum absolute atomic E-state index is 5.75. The van der Waals surface area contributed by atoms with E-state index in [-0.39, 0.29) is 24.0 Å². The lowest BCUT2D eigenvalue weighted by molar-refractivity contribution is 0.176. The number of likely N-dealkylation sites (tertiary alicyclic amines) is 1. The Morgan fingerprint density at radius 1 is 1.31 bits per heavy atom. The third-order valence-corrected chi connectivity index (χ3v) is 6.22. The third-order valence-electron chi connectivity index (χ3n) is 5.40. The van der Waals surface area contributed by atoms with Gasteiger partial charge in [0.2, 0.25) is 0 Å². The van der Waals surface area contributed by atoms with Gasteiger partial charge in [0, 0.05) is 30.6 Å². The molecule has 2 aromatic rings. The van der Waals surface area contributed by atoms with Crippen LogP contribution in [0.15, 0.2) is 47.3 Å². The molecule has 1 aromatic heterocycles. The average molecular weight is 570 g/mol. The van der Waals surface area contributed by atoms with E-state index in [1.807, 2.05) is 18.2 Å². The molecule has 0 radical (unpaired) electrons. The van der Waals surface area contributed by atoms with Gasteiger partial charge in [0.15, 0.2) is 5.96 Å². The van der Waals surface area contributed by atoms with Crippen LogP contribution < -0.4 is 15.4 Å². The van der Waals surface area contributed by atoms with Crippen LogP contribution >= 0.6 is 35.3 Å². The van der Waals surface area contributed by atoms with Gasteiger partial charge in [-0.25, -0.2) is 9.98 Å². The Kier molecular flexibility index (Phi) is 12.0. The second-order valence-electron chi connectivity index (χ2n) is 7.86. The number of aryl methyl sites for hydroxylation is 1. The van der Waals surface area contributed by atoms with Crippen LogP contribution in [0, 0.1) is 12.8 Å². The zero-order chi connectivity index (χ0) is 21.9. The fourth-order valence-corrected chi connectivity index (χ4v) is 4.33. The number of para-hydroxylation sites is 1. The number of aliphatic imine (C=N–C) groups is 1. The second kappa shape index (κ2) is 14.5. The molecule has 0 saturated carbocycles. The molecule has 32 heavy (non-hydrogen) atoms. The van der Waals surface area contributed by atoms with Crippen LogP contribution in [-0.2, 0) is 13.1 Å². The summed E-state index contributed by atoms with van der Waals surface area (Å²) < 4.78 is 5.75. The number of aromatic nitrogens is 1. The van der Waals surface area contributed by atoms with E-state index >= 15 is 0 Å². The predicted octanol–water partition coefficient (Wildman–Crippen LogP) is 4.60. The number of ether oxygens (including phenoxy) is 1. The molecule has 0 spiro atoms. The predicted molar refractivity (Wildman–Crippen MR) is 145 cm³/mol. The number of nitrogens with one attached hydrogen (secondary N) is 2. The molecule has 6 nitrogen and oxygen atoms in total. The lowest BCUT2D eigenvalue weighted by Gasteiger charge is -2.31. The van der Waals surface area contributed by atoms with Gasteiger partial charge in [0.05, 0.1) is 17.2 Å². The number of rotatable bonds is 10. The lowest BCUT2D eigenvalue weighted by Crippen LogP contribution is -2.42. The summed E-state index contributed by atoms with van der Waals surface area (Å²) in [6.07, 6.45) is 4.16. The normalized spacial score (nSPS) is 15.1. The van der Waals surface area contributed by atoms with Crippen LogP contribution in [0.2, 0.25) is 0 Å². The Hall–Kier alpha value is -1.65. The fraction of sp³-hybridized carbons (Fsp3) is 0.500. The molecule has 8 heteroatoms. The van der Waals surface area contributed by atoms with E-state index in [2.05, 4.69) is 52.4 Å². The molecule has 2 heterocycles. The first-order valence-electron chi connectivity index (χ1n) is 11.1. The number of thiazole rings is 1. The summed E-state index contributed by atoms with van der Waals surface area (Å²) in [4.78, 5) is 11.9. The van der Waals surface area contributed by atoms with Gasteiger partial charge in [0.1, 0.15) is 12.4 Å². The van der Waals surface area contributed by atoms with Crippen molar-refractivity contribution in [3.63, 3.8) is 0 Å². The maximum atomic E-state index is 5.75. The van der Waals surface area contributed by atoms with Crippen LogP contribution in [0.4, 0.5) is 0 Å². The molecule has 1 aliphatic heterocycles. The van der Waals surface area contributed by atoms with Crippen LogP contribution in [0.1, 0.15) is 36.0 Å². The van der Waals surface area contributed by atoms with Crippen molar-refractivity contribution in [3.8, 4) is 5.75 Å². The van der Waals surface area contributed by atoms with Gasteiger partial charge in [-0.05, 0) is 51.8 Å². The van der Waals surface area contributed by atoms with Gasteiger partial charge in [-0.15, -0.1) is 35.3 Å². The highest BCUT2D eigenvalue weighted by atomic mass is 127. The topological polar surface area (TPSA) is 61.8 Å². The third kappa shape index (κ3) is 8.71. The maximum Gasteiger partial charge on any atom is 0.191 e. The molecule has 0 atom stereocenters. The van der Waals surface area contributed by atoms with E-state index in [0.29, 0.717) is 19.1 Å². The van der Waals surface area contributed by atoms with Crippen molar-refractivity contribution < 1.29 is 4.74 Å². The molecule has 1 saturated heterocycles. The first kappa shape index (κ1) is 26.6. The van der Waals surface area contributed by atoms with Crippen LogP contribution in [-0.4, -0.2) is 48.6 Å². The lowest BCUT2D eigenvalue weighted by atomic mass is 9.97. The summed E-state index contributed by atoms with van der Waals surface area (Å²) in [5, 5.41) is 10.2. The van der Waals surface area contributed by atoms with Gasteiger partial charge < -0.3 is 15.4 Å². The number of benzene rings is 1. The van der Waals surface area contributed by atoms with E-state index in [4.69, 9.17) is 9.73 Å². The summed E-state index contributed by atoms with van der Waals surface area (Å²) >= 11 is 1.74. The van der Waals surface area contributed by atoms with E-state index in [9.17, 15) is 0 Å². The summed E-state index contributed by atoms with van der Waals surface area (Å²) in [6, 6.07) is 8.05.